The van der Waals surface area contributed by atoms with Crippen LogP contribution in [0.2, 0.25) is 0 Å². The number of aromatic amines is 1. The zero-order valence-corrected chi connectivity index (χ0v) is 8.47. The van der Waals surface area contributed by atoms with Crippen LogP contribution in [-0.2, 0) is 4.74 Å². The second-order valence-electron chi connectivity index (χ2n) is 3.05. The van der Waals surface area contributed by atoms with Crippen molar-refractivity contribution >= 4 is 5.97 Å². The number of hydrogen-bond acceptors (Lipinski definition) is 4. The molecule has 0 amide bonds. The van der Waals surface area contributed by atoms with Gasteiger partial charge in [-0.05, 0) is 22.1 Å². The summed E-state index contributed by atoms with van der Waals surface area (Å²) < 4.78 is 10.5. The van der Waals surface area contributed by atoms with Gasteiger partial charge in [-0.25, -0.2) is 9.59 Å². The Morgan fingerprint density at radius 3 is 2.56 bits per heavy atom. The van der Waals surface area contributed by atoms with E-state index < -0.39 is 11.6 Å². The van der Waals surface area contributed by atoms with Crippen molar-refractivity contribution in [3.05, 3.63) is 46.4 Å². The molecule has 0 fully saturated rings. The van der Waals surface area contributed by atoms with E-state index in [9.17, 15) is 9.59 Å². The fourth-order valence-corrected chi connectivity index (χ4v) is 1.26. The first kappa shape index (κ1) is 10.2. The molecule has 1 aromatic carbocycles. The van der Waals surface area contributed by atoms with Crippen LogP contribution in [0, 0.1) is 0 Å². The predicted octanol–water partition coefficient (Wildman–Crippen LogP) is 0.0312. The zero-order valence-electron chi connectivity index (χ0n) is 8.47. The molecule has 2 aromatic rings. The average molecular weight is 221 g/mol. The van der Waals surface area contributed by atoms with Gasteiger partial charge < -0.3 is 4.74 Å². The Hall–Kier alpha value is -2.37. The molecule has 16 heavy (non-hydrogen) atoms. The highest BCUT2D eigenvalue weighted by Crippen LogP contribution is 2.04. The number of methoxy groups -OCH3 is 1. The van der Waals surface area contributed by atoms with E-state index in [0.717, 1.165) is 0 Å². The molecule has 0 aliphatic heterocycles. The molecule has 0 saturated carbocycles. The summed E-state index contributed by atoms with van der Waals surface area (Å²) in [6, 6.07) is 6.52. The van der Waals surface area contributed by atoms with E-state index in [0.29, 0.717) is 11.3 Å². The van der Waals surface area contributed by atoms with E-state index >= 15 is 0 Å². The summed E-state index contributed by atoms with van der Waals surface area (Å²) in [5, 5.41) is 2.40. The van der Waals surface area contributed by atoms with Gasteiger partial charge in [0.1, 0.15) is 0 Å². The number of nitrogens with one attached hydrogen (secondary N) is 1. The second kappa shape index (κ2) is 4.01. The number of rotatable bonds is 2. The summed E-state index contributed by atoms with van der Waals surface area (Å²) in [6.07, 6.45) is 1.26. The lowest BCUT2D eigenvalue weighted by Crippen LogP contribution is -2.32. The Labute approximate surface area is 90.0 Å². The summed E-state index contributed by atoms with van der Waals surface area (Å²) in [4.78, 5) is 22.0. The highest BCUT2D eigenvalue weighted by Gasteiger charge is 2.11. The maximum atomic E-state index is 11.2. The number of carbonyl (C=O) groups is 1. The van der Waals surface area contributed by atoms with Crippen LogP contribution in [0.5, 0.6) is 0 Å². The molecule has 1 N–H and O–H groups in total. The van der Waals surface area contributed by atoms with E-state index in [1.54, 1.807) is 24.3 Å². The van der Waals surface area contributed by atoms with Crippen molar-refractivity contribution in [3.63, 3.8) is 0 Å². The highest BCUT2D eigenvalue weighted by atomic mass is 16.5. The third-order valence-corrected chi connectivity index (χ3v) is 2.05. The van der Waals surface area contributed by atoms with Crippen LogP contribution < -0.4 is 10.3 Å². The molecule has 1 aromatic heterocycles. The third-order valence-electron chi connectivity index (χ3n) is 2.05. The maximum absolute atomic E-state index is 11.2. The Balaban J connectivity index is 2.32. The number of carbonyl (C=O) groups excluding carboxylic acids is 1. The number of H-pyrrole nitrogens is 1. The standard InChI is InChI=1S/C10H8N2O4/c1-15-10(14)7-2-4-8(5-3-7)12-6-9(13)16-11-12/h2-6H,1H3/p+1. The van der Waals surface area contributed by atoms with Gasteiger partial charge in [0.25, 0.3) is 6.20 Å². The molecular weight excluding hydrogens is 212 g/mol. The number of hydrogen-bond donors (Lipinski definition) is 1. The van der Waals surface area contributed by atoms with Crippen molar-refractivity contribution in [2.45, 2.75) is 0 Å². The lowest BCUT2D eigenvalue weighted by molar-refractivity contribution is -0.670. The lowest BCUT2D eigenvalue weighted by atomic mass is 10.2. The van der Waals surface area contributed by atoms with Crippen LogP contribution >= 0.6 is 0 Å². The van der Waals surface area contributed by atoms with Gasteiger partial charge in [0.2, 0.25) is 5.69 Å². The van der Waals surface area contributed by atoms with E-state index in [1.807, 2.05) is 0 Å². The van der Waals surface area contributed by atoms with Crippen molar-refractivity contribution in [2.75, 3.05) is 7.11 Å². The minimum absolute atomic E-state index is 0.405. The predicted molar refractivity (Wildman–Crippen MR) is 52.2 cm³/mol. The summed E-state index contributed by atoms with van der Waals surface area (Å²) >= 11 is 0. The van der Waals surface area contributed by atoms with Crippen molar-refractivity contribution < 1.29 is 18.7 Å². The van der Waals surface area contributed by atoms with Gasteiger partial charge in [-0.3, -0.25) is 4.52 Å². The molecule has 0 atom stereocenters. The largest absolute Gasteiger partial charge is 0.465 e. The minimum Gasteiger partial charge on any atom is -0.465 e. The van der Waals surface area contributed by atoms with Crippen molar-refractivity contribution in [2.24, 2.45) is 0 Å². The SMILES string of the molecule is COC(=O)c1ccc(-[n+]2cc(=O)o[nH]2)cc1. The van der Waals surface area contributed by atoms with Gasteiger partial charge >= 0.3 is 11.6 Å². The Bertz CT molecular complexity index is 553. The van der Waals surface area contributed by atoms with Crippen molar-refractivity contribution in [1.82, 2.24) is 5.27 Å². The summed E-state index contributed by atoms with van der Waals surface area (Å²) in [6.45, 7) is 0. The van der Waals surface area contributed by atoms with Gasteiger partial charge in [-0.2, -0.15) is 0 Å². The Morgan fingerprint density at radius 1 is 1.38 bits per heavy atom. The van der Waals surface area contributed by atoms with E-state index in [-0.39, 0.29) is 0 Å². The van der Waals surface area contributed by atoms with Gasteiger partial charge in [0, 0.05) is 12.1 Å². The van der Waals surface area contributed by atoms with Crippen LogP contribution in [0.25, 0.3) is 5.69 Å². The second-order valence-corrected chi connectivity index (χ2v) is 3.05. The van der Waals surface area contributed by atoms with Crippen molar-refractivity contribution in [3.8, 4) is 5.69 Å². The fraction of sp³-hybridized carbons (Fsp3) is 0.100. The molecule has 0 saturated heterocycles. The monoisotopic (exact) mass is 221 g/mol. The number of aromatic nitrogens is 2. The van der Waals surface area contributed by atoms with Crippen LogP contribution in [0.1, 0.15) is 10.4 Å². The molecule has 0 aliphatic carbocycles. The molecular formula is C10H9N2O4+. The number of nitrogens with zero attached hydrogens (tertiary/aromatic N) is 1. The minimum atomic E-state index is -0.475. The highest BCUT2D eigenvalue weighted by molar-refractivity contribution is 5.89. The lowest BCUT2D eigenvalue weighted by Gasteiger charge is -1.97. The number of benzene rings is 1. The van der Waals surface area contributed by atoms with E-state index in [2.05, 4.69) is 14.5 Å². The van der Waals surface area contributed by atoms with Crippen LogP contribution in [-0.4, -0.2) is 18.4 Å². The van der Waals surface area contributed by atoms with E-state index in [4.69, 9.17) is 0 Å². The van der Waals surface area contributed by atoms with Crippen molar-refractivity contribution in [1.29, 1.82) is 0 Å². The Kier molecular flexibility index (Phi) is 2.55. The zero-order chi connectivity index (χ0) is 11.5. The topological polar surface area (TPSA) is 76.2 Å². The molecule has 0 bridgehead atoms. The van der Waals surface area contributed by atoms with Gasteiger partial charge in [0.05, 0.1) is 12.7 Å². The summed E-state index contributed by atoms with van der Waals surface area (Å²) in [7, 11) is 1.32. The van der Waals surface area contributed by atoms with Crippen LogP contribution in [0.15, 0.2) is 39.8 Å². The van der Waals surface area contributed by atoms with Gasteiger partial charge in [-0.15, -0.1) is 0 Å². The normalized spacial score (nSPS) is 10.1. The van der Waals surface area contributed by atoms with Crippen LogP contribution in [0.3, 0.4) is 0 Å². The summed E-state index contributed by atoms with van der Waals surface area (Å²) in [5.74, 6) is -0.405. The first-order valence-corrected chi connectivity index (χ1v) is 4.49. The first-order chi connectivity index (χ1) is 7.70. The molecule has 0 spiro atoms. The number of ether oxygens (including phenoxy) is 1. The Morgan fingerprint density at radius 2 is 2.06 bits per heavy atom. The maximum Gasteiger partial charge on any atom is 0.427 e. The summed E-state index contributed by atoms with van der Waals surface area (Å²) in [5.41, 5.74) is 0.647. The fourth-order valence-electron chi connectivity index (χ4n) is 1.26. The quantitative estimate of drug-likeness (QED) is 0.573. The van der Waals surface area contributed by atoms with Gasteiger partial charge in [-0.1, -0.05) is 0 Å². The molecule has 6 heteroatoms. The van der Waals surface area contributed by atoms with E-state index in [1.165, 1.54) is 18.0 Å². The molecule has 2 rings (SSSR count). The average Bonchev–Trinajstić information content (AvgIpc) is 2.75. The first-order valence-electron chi connectivity index (χ1n) is 4.49. The molecule has 0 unspecified atom stereocenters. The van der Waals surface area contributed by atoms with Crippen LogP contribution in [0.4, 0.5) is 0 Å². The number of esters is 1. The van der Waals surface area contributed by atoms with Gasteiger partial charge in [0.15, 0.2) is 0 Å². The third kappa shape index (κ3) is 1.85. The smallest absolute Gasteiger partial charge is 0.427 e. The molecule has 0 aliphatic rings. The molecule has 6 nitrogen and oxygen atoms in total. The molecule has 1 heterocycles. The molecule has 82 valence electrons. The molecule has 0 radical (unpaired) electrons.